The third-order valence-electron chi connectivity index (χ3n) is 4.30. The molecule has 1 aromatic carbocycles. The Hall–Kier alpha value is -2.57. The van der Waals surface area contributed by atoms with Gasteiger partial charge in [-0.3, -0.25) is 4.79 Å². The van der Waals surface area contributed by atoms with Crippen LogP contribution in [0.2, 0.25) is 0 Å². The second kappa shape index (κ2) is 9.05. The topological polar surface area (TPSA) is 98.7 Å². The van der Waals surface area contributed by atoms with Crippen LogP contribution in [0.3, 0.4) is 0 Å². The Labute approximate surface area is 147 Å². The van der Waals surface area contributed by atoms with Gasteiger partial charge in [0, 0.05) is 13.1 Å². The molecule has 1 heterocycles. The first-order chi connectivity index (χ1) is 12.0. The minimum Gasteiger partial charge on any atom is -0.480 e. The van der Waals surface area contributed by atoms with Gasteiger partial charge in [0.2, 0.25) is 5.91 Å². The number of benzene rings is 1. The summed E-state index contributed by atoms with van der Waals surface area (Å²) in [4.78, 5) is 36.9. The number of nitrogens with one attached hydrogen (secondary N) is 2. The lowest BCUT2D eigenvalue weighted by molar-refractivity contribution is -0.141. The van der Waals surface area contributed by atoms with Gasteiger partial charge in [0.05, 0.1) is 6.54 Å². The Morgan fingerprint density at radius 3 is 2.64 bits per heavy atom. The van der Waals surface area contributed by atoms with Crippen LogP contribution in [-0.4, -0.2) is 47.0 Å². The molecule has 0 aliphatic carbocycles. The molecule has 1 aromatic rings. The predicted molar refractivity (Wildman–Crippen MR) is 93.0 cm³/mol. The molecule has 25 heavy (non-hydrogen) atoms. The average Bonchev–Trinajstić information content (AvgIpc) is 2.62. The largest absolute Gasteiger partial charge is 0.480 e. The van der Waals surface area contributed by atoms with Gasteiger partial charge in [-0.15, -0.1) is 0 Å². The van der Waals surface area contributed by atoms with E-state index in [-0.39, 0.29) is 12.6 Å². The molecular formula is C18H25N3O4. The van der Waals surface area contributed by atoms with Crippen LogP contribution in [0.4, 0.5) is 4.79 Å². The molecular weight excluding hydrogens is 322 g/mol. The highest BCUT2D eigenvalue weighted by Gasteiger charge is 2.22. The van der Waals surface area contributed by atoms with Crippen molar-refractivity contribution >= 4 is 17.9 Å². The molecule has 0 saturated carbocycles. The highest BCUT2D eigenvalue weighted by atomic mass is 16.4. The first-order valence-electron chi connectivity index (χ1n) is 8.63. The monoisotopic (exact) mass is 347 g/mol. The van der Waals surface area contributed by atoms with Crippen molar-refractivity contribution in [2.45, 2.75) is 45.2 Å². The summed E-state index contributed by atoms with van der Waals surface area (Å²) in [7, 11) is 0. The number of fused-ring (bicyclic) bond motifs is 1. The molecule has 0 unspecified atom stereocenters. The fourth-order valence-corrected chi connectivity index (χ4v) is 2.85. The lowest BCUT2D eigenvalue weighted by Gasteiger charge is -2.28. The normalized spacial score (nSPS) is 14.4. The maximum Gasteiger partial charge on any atom is 0.326 e. The number of carbonyl (C=O) groups excluding carboxylic acids is 2. The van der Waals surface area contributed by atoms with Crippen LogP contribution < -0.4 is 10.6 Å². The standard InChI is InChI=1S/C18H25N3O4/c1-2-3-8-15(17(23)24)20-16(22)11-19-18(25)21-10-9-13-6-4-5-7-14(13)12-21/h4-7,15H,2-3,8-12H2,1H3,(H,19,25)(H,20,22)(H,23,24)/t15-/m0/s1. The van der Waals surface area contributed by atoms with E-state index < -0.39 is 17.9 Å². The van der Waals surface area contributed by atoms with Crippen LogP contribution in [0.1, 0.15) is 37.3 Å². The molecule has 1 atom stereocenters. The number of hydrogen-bond acceptors (Lipinski definition) is 3. The molecule has 2 rings (SSSR count). The molecule has 3 N–H and O–H groups in total. The number of nitrogens with zero attached hydrogens (tertiary/aromatic N) is 1. The zero-order chi connectivity index (χ0) is 18.2. The Kier molecular flexibility index (Phi) is 6.80. The van der Waals surface area contributed by atoms with Crippen LogP contribution in [0.5, 0.6) is 0 Å². The zero-order valence-corrected chi connectivity index (χ0v) is 14.5. The second-order valence-electron chi connectivity index (χ2n) is 6.20. The van der Waals surface area contributed by atoms with Gasteiger partial charge in [0.15, 0.2) is 0 Å². The smallest absolute Gasteiger partial charge is 0.326 e. The van der Waals surface area contributed by atoms with Gasteiger partial charge in [-0.1, -0.05) is 44.0 Å². The molecule has 1 aliphatic heterocycles. The number of carboxylic acids is 1. The first-order valence-corrected chi connectivity index (χ1v) is 8.63. The third kappa shape index (κ3) is 5.48. The van der Waals surface area contributed by atoms with Crippen molar-refractivity contribution < 1.29 is 19.5 Å². The quantitative estimate of drug-likeness (QED) is 0.696. The number of hydrogen-bond donors (Lipinski definition) is 3. The maximum atomic E-state index is 12.2. The van der Waals surface area contributed by atoms with E-state index in [9.17, 15) is 14.4 Å². The molecule has 1 aliphatic rings. The minimum atomic E-state index is -1.05. The number of rotatable bonds is 7. The van der Waals surface area contributed by atoms with E-state index in [0.717, 1.165) is 24.8 Å². The Balaban J connectivity index is 1.79. The number of aliphatic carboxylic acids is 1. The third-order valence-corrected chi connectivity index (χ3v) is 4.30. The Morgan fingerprint density at radius 2 is 1.96 bits per heavy atom. The van der Waals surface area contributed by atoms with E-state index >= 15 is 0 Å². The molecule has 0 aromatic heterocycles. The summed E-state index contributed by atoms with van der Waals surface area (Å²) in [5.74, 6) is -1.55. The number of carboxylic acid groups (broad SMARTS) is 1. The van der Waals surface area contributed by atoms with Crippen LogP contribution >= 0.6 is 0 Å². The molecule has 0 fully saturated rings. The van der Waals surface area contributed by atoms with Crippen molar-refractivity contribution in [3.05, 3.63) is 35.4 Å². The van der Waals surface area contributed by atoms with Gasteiger partial charge >= 0.3 is 12.0 Å². The summed E-state index contributed by atoms with van der Waals surface area (Å²) in [6.45, 7) is 2.83. The fourth-order valence-electron chi connectivity index (χ4n) is 2.85. The van der Waals surface area contributed by atoms with Crippen LogP contribution in [0, 0.1) is 0 Å². The summed E-state index contributed by atoms with van der Waals surface area (Å²) in [5, 5.41) is 14.1. The van der Waals surface area contributed by atoms with Crippen LogP contribution in [0.25, 0.3) is 0 Å². The molecule has 136 valence electrons. The van der Waals surface area contributed by atoms with Crippen molar-refractivity contribution in [1.82, 2.24) is 15.5 Å². The van der Waals surface area contributed by atoms with Crippen molar-refractivity contribution in [2.75, 3.05) is 13.1 Å². The molecule has 0 saturated heterocycles. The van der Waals surface area contributed by atoms with Crippen LogP contribution in [-0.2, 0) is 22.6 Å². The van der Waals surface area contributed by atoms with E-state index in [1.54, 1.807) is 4.90 Å². The van der Waals surface area contributed by atoms with Gasteiger partial charge in [-0.25, -0.2) is 9.59 Å². The number of carbonyl (C=O) groups is 3. The van der Waals surface area contributed by atoms with Crippen molar-refractivity contribution in [1.29, 1.82) is 0 Å². The van der Waals surface area contributed by atoms with Crippen molar-refractivity contribution in [3.8, 4) is 0 Å². The Morgan fingerprint density at radius 1 is 1.24 bits per heavy atom. The van der Waals surface area contributed by atoms with Gasteiger partial charge < -0.3 is 20.6 Å². The number of urea groups is 1. The SMILES string of the molecule is CCCC[C@H](NC(=O)CNC(=O)N1CCc2ccccc2C1)C(=O)O. The Bertz CT molecular complexity index is 633. The predicted octanol–water partition coefficient (Wildman–Crippen LogP) is 1.51. The summed E-state index contributed by atoms with van der Waals surface area (Å²) >= 11 is 0. The van der Waals surface area contributed by atoms with Gasteiger partial charge in [-0.05, 0) is 24.0 Å². The fraction of sp³-hybridized carbons (Fsp3) is 0.500. The molecule has 0 radical (unpaired) electrons. The van der Waals surface area contributed by atoms with E-state index in [4.69, 9.17) is 5.11 Å². The summed E-state index contributed by atoms with van der Waals surface area (Å²) in [5.41, 5.74) is 2.35. The van der Waals surface area contributed by atoms with Gasteiger partial charge in [0.1, 0.15) is 6.04 Å². The van der Waals surface area contributed by atoms with E-state index in [0.29, 0.717) is 19.5 Å². The summed E-state index contributed by atoms with van der Waals surface area (Å²) in [6.07, 6.45) is 2.74. The van der Waals surface area contributed by atoms with E-state index in [1.165, 1.54) is 5.56 Å². The second-order valence-corrected chi connectivity index (χ2v) is 6.20. The van der Waals surface area contributed by atoms with E-state index in [1.807, 2.05) is 25.1 Å². The zero-order valence-electron chi connectivity index (χ0n) is 14.5. The molecule has 3 amide bonds. The number of amides is 3. The molecule has 7 nitrogen and oxygen atoms in total. The average molecular weight is 347 g/mol. The van der Waals surface area contributed by atoms with Crippen molar-refractivity contribution in [2.24, 2.45) is 0 Å². The maximum absolute atomic E-state index is 12.2. The minimum absolute atomic E-state index is 0.229. The molecule has 0 bridgehead atoms. The van der Waals surface area contributed by atoms with Gasteiger partial charge in [-0.2, -0.15) is 0 Å². The van der Waals surface area contributed by atoms with Gasteiger partial charge in [0.25, 0.3) is 0 Å². The summed E-state index contributed by atoms with van der Waals surface area (Å²) in [6, 6.07) is 6.75. The van der Waals surface area contributed by atoms with Crippen molar-refractivity contribution in [3.63, 3.8) is 0 Å². The van der Waals surface area contributed by atoms with E-state index in [2.05, 4.69) is 16.7 Å². The lowest BCUT2D eigenvalue weighted by Crippen LogP contribution is -2.49. The highest BCUT2D eigenvalue weighted by molar-refractivity contribution is 5.87. The number of unbranched alkanes of at least 4 members (excludes halogenated alkanes) is 1. The first kappa shape index (κ1) is 18.8. The summed E-state index contributed by atoms with van der Waals surface area (Å²) < 4.78 is 0. The highest BCUT2D eigenvalue weighted by Crippen LogP contribution is 2.18. The molecule has 0 spiro atoms. The van der Waals surface area contributed by atoms with Crippen LogP contribution in [0.15, 0.2) is 24.3 Å². The lowest BCUT2D eigenvalue weighted by atomic mass is 10.0. The molecule has 7 heteroatoms.